The van der Waals surface area contributed by atoms with Gasteiger partial charge in [-0.3, -0.25) is 0 Å². The summed E-state index contributed by atoms with van der Waals surface area (Å²) in [6.07, 6.45) is 6.11. The summed E-state index contributed by atoms with van der Waals surface area (Å²) in [7, 11) is 0. The van der Waals surface area contributed by atoms with Gasteiger partial charge in [-0.25, -0.2) is 0 Å². The third kappa shape index (κ3) is 9.20. The van der Waals surface area contributed by atoms with E-state index in [1.54, 1.807) is 12.3 Å². The fourth-order valence-electron chi connectivity index (χ4n) is 0.562. The zero-order valence-electron chi connectivity index (χ0n) is 7.24. The summed E-state index contributed by atoms with van der Waals surface area (Å²) >= 11 is 0. The van der Waals surface area contributed by atoms with Gasteiger partial charge in [0.2, 0.25) is 0 Å². The molecule has 0 saturated carbocycles. The van der Waals surface area contributed by atoms with Gasteiger partial charge in [0, 0.05) is 0 Å². The SMILES string of the molecule is C=CCC=COCCOCCO. The van der Waals surface area contributed by atoms with E-state index in [0.29, 0.717) is 19.8 Å². The molecule has 0 aromatic carbocycles. The summed E-state index contributed by atoms with van der Waals surface area (Å²) in [5.41, 5.74) is 0. The Morgan fingerprint density at radius 2 is 2.08 bits per heavy atom. The molecule has 0 saturated heterocycles. The fraction of sp³-hybridized carbons (Fsp3) is 0.556. The first-order valence-electron chi connectivity index (χ1n) is 3.98. The topological polar surface area (TPSA) is 38.7 Å². The minimum atomic E-state index is 0.0618. The van der Waals surface area contributed by atoms with E-state index < -0.39 is 0 Å². The van der Waals surface area contributed by atoms with Gasteiger partial charge in [0.05, 0.1) is 26.1 Å². The predicted octanol–water partition coefficient (Wildman–Crippen LogP) is 1.10. The molecule has 0 bridgehead atoms. The van der Waals surface area contributed by atoms with Crippen molar-refractivity contribution in [3.8, 4) is 0 Å². The van der Waals surface area contributed by atoms with Gasteiger partial charge in [-0.05, 0) is 12.5 Å². The second-order valence-corrected chi connectivity index (χ2v) is 2.10. The molecule has 0 amide bonds. The Morgan fingerprint density at radius 3 is 2.75 bits per heavy atom. The van der Waals surface area contributed by atoms with Gasteiger partial charge in [0.1, 0.15) is 6.61 Å². The zero-order valence-corrected chi connectivity index (χ0v) is 7.24. The average molecular weight is 172 g/mol. The molecule has 70 valence electrons. The Morgan fingerprint density at radius 1 is 1.25 bits per heavy atom. The van der Waals surface area contributed by atoms with Crippen LogP contribution in [0, 0.1) is 0 Å². The molecule has 3 heteroatoms. The third-order valence-electron chi connectivity index (χ3n) is 1.08. The van der Waals surface area contributed by atoms with E-state index >= 15 is 0 Å². The molecule has 0 heterocycles. The molecule has 0 aliphatic rings. The molecule has 0 fully saturated rings. The first-order chi connectivity index (χ1) is 5.91. The van der Waals surface area contributed by atoms with E-state index in [4.69, 9.17) is 14.6 Å². The van der Waals surface area contributed by atoms with Crippen LogP contribution in [0.2, 0.25) is 0 Å². The lowest BCUT2D eigenvalue weighted by Crippen LogP contribution is -2.04. The Kier molecular flexibility index (Phi) is 9.52. The first-order valence-corrected chi connectivity index (χ1v) is 3.98. The normalized spacial score (nSPS) is 10.4. The number of allylic oxidation sites excluding steroid dienone is 2. The molecule has 0 aromatic rings. The van der Waals surface area contributed by atoms with Crippen molar-refractivity contribution in [2.75, 3.05) is 26.4 Å². The molecule has 0 aliphatic carbocycles. The van der Waals surface area contributed by atoms with E-state index in [1.165, 1.54) is 0 Å². The number of hydrogen-bond donors (Lipinski definition) is 1. The minimum absolute atomic E-state index is 0.0618. The molecule has 0 aliphatic heterocycles. The highest BCUT2D eigenvalue weighted by Crippen LogP contribution is 1.85. The lowest BCUT2D eigenvalue weighted by atomic mass is 10.4. The number of rotatable bonds is 8. The molecule has 0 radical (unpaired) electrons. The van der Waals surface area contributed by atoms with Gasteiger partial charge in [-0.15, -0.1) is 6.58 Å². The summed E-state index contributed by atoms with van der Waals surface area (Å²) in [5, 5.41) is 8.35. The van der Waals surface area contributed by atoms with Crippen molar-refractivity contribution in [3.63, 3.8) is 0 Å². The van der Waals surface area contributed by atoms with Gasteiger partial charge in [-0.2, -0.15) is 0 Å². The molecule has 0 aromatic heterocycles. The van der Waals surface area contributed by atoms with E-state index in [0.717, 1.165) is 6.42 Å². The van der Waals surface area contributed by atoms with E-state index in [-0.39, 0.29) is 6.61 Å². The monoisotopic (exact) mass is 172 g/mol. The molecule has 0 atom stereocenters. The quantitative estimate of drug-likeness (QED) is 0.338. The third-order valence-corrected chi connectivity index (χ3v) is 1.08. The molecule has 3 nitrogen and oxygen atoms in total. The molecule has 1 N–H and O–H groups in total. The van der Waals surface area contributed by atoms with Crippen LogP contribution in [0.3, 0.4) is 0 Å². The highest BCUT2D eigenvalue weighted by atomic mass is 16.5. The van der Waals surface area contributed by atoms with Gasteiger partial charge in [0.25, 0.3) is 0 Å². The molecule has 0 spiro atoms. The largest absolute Gasteiger partial charge is 0.499 e. The number of aliphatic hydroxyl groups excluding tert-OH is 1. The van der Waals surface area contributed by atoms with Crippen LogP contribution in [-0.2, 0) is 9.47 Å². The molecule has 12 heavy (non-hydrogen) atoms. The minimum Gasteiger partial charge on any atom is -0.499 e. The average Bonchev–Trinajstić information content (AvgIpc) is 2.10. The number of ether oxygens (including phenoxy) is 2. The van der Waals surface area contributed by atoms with Crippen LogP contribution in [0.25, 0.3) is 0 Å². The fourth-order valence-corrected chi connectivity index (χ4v) is 0.562. The maximum atomic E-state index is 8.35. The van der Waals surface area contributed by atoms with E-state index in [1.807, 2.05) is 6.08 Å². The van der Waals surface area contributed by atoms with Crippen LogP contribution in [-0.4, -0.2) is 31.5 Å². The second kappa shape index (κ2) is 10.2. The summed E-state index contributed by atoms with van der Waals surface area (Å²) in [6.45, 7) is 5.03. The van der Waals surface area contributed by atoms with Gasteiger partial charge >= 0.3 is 0 Å². The summed E-state index contributed by atoms with van der Waals surface area (Å²) in [6, 6.07) is 0. The maximum Gasteiger partial charge on any atom is 0.111 e. The number of hydrogen-bond acceptors (Lipinski definition) is 3. The summed E-state index contributed by atoms with van der Waals surface area (Å²) in [4.78, 5) is 0. The second-order valence-electron chi connectivity index (χ2n) is 2.10. The van der Waals surface area contributed by atoms with Crippen LogP contribution in [0.1, 0.15) is 6.42 Å². The maximum absolute atomic E-state index is 8.35. The van der Waals surface area contributed by atoms with Crippen molar-refractivity contribution < 1.29 is 14.6 Å². The van der Waals surface area contributed by atoms with Crippen LogP contribution in [0.5, 0.6) is 0 Å². The van der Waals surface area contributed by atoms with Gasteiger partial charge < -0.3 is 14.6 Å². The molecule has 0 rings (SSSR count). The number of aliphatic hydroxyl groups is 1. The van der Waals surface area contributed by atoms with Crippen LogP contribution < -0.4 is 0 Å². The smallest absolute Gasteiger partial charge is 0.111 e. The zero-order chi connectivity index (χ0) is 9.07. The first kappa shape index (κ1) is 11.2. The molecular weight excluding hydrogens is 156 g/mol. The van der Waals surface area contributed by atoms with Crippen molar-refractivity contribution in [2.45, 2.75) is 6.42 Å². The summed E-state index contributed by atoms with van der Waals surface area (Å²) < 4.78 is 10.0. The van der Waals surface area contributed by atoms with Crippen molar-refractivity contribution in [2.24, 2.45) is 0 Å². The van der Waals surface area contributed by atoms with Crippen molar-refractivity contribution in [1.29, 1.82) is 0 Å². The van der Waals surface area contributed by atoms with Crippen LogP contribution in [0.15, 0.2) is 25.0 Å². The summed E-state index contributed by atoms with van der Waals surface area (Å²) in [5.74, 6) is 0. The molecule has 0 unspecified atom stereocenters. The Bertz CT molecular complexity index is 121. The van der Waals surface area contributed by atoms with Crippen molar-refractivity contribution in [3.05, 3.63) is 25.0 Å². The van der Waals surface area contributed by atoms with E-state index in [2.05, 4.69) is 6.58 Å². The van der Waals surface area contributed by atoms with Crippen molar-refractivity contribution in [1.82, 2.24) is 0 Å². The predicted molar refractivity (Wildman–Crippen MR) is 47.8 cm³/mol. The highest BCUT2D eigenvalue weighted by molar-refractivity contribution is 4.83. The van der Waals surface area contributed by atoms with E-state index in [9.17, 15) is 0 Å². The lowest BCUT2D eigenvalue weighted by Gasteiger charge is -2.00. The molecular formula is C9H16O3. The Hall–Kier alpha value is -0.800. The highest BCUT2D eigenvalue weighted by Gasteiger charge is 1.84. The van der Waals surface area contributed by atoms with Crippen molar-refractivity contribution >= 4 is 0 Å². The lowest BCUT2D eigenvalue weighted by molar-refractivity contribution is 0.0600. The van der Waals surface area contributed by atoms with Crippen LogP contribution >= 0.6 is 0 Å². The van der Waals surface area contributed by atoms with Gasteiger partial charge in [0.15, 0.2) is 0 Å². The Labute approximate surface area is 73.3 Å². The Balaban J connectivity index is 2.94. The van der Waals surface area contributed by atoms with Gasteiger partial charge in [-0.1, -0.05) is 6.08 Å². The standard InChI is InChI=1S/C9H16O3/c1-2-3-4-6-11-8-9-12-7-5-10/h2,4,6,10H,1,3,5,7-9H2. The van der Waals surface area contributed by atoms with Crippen LogP contribution in [0.4, 0.5) is 0 Å².